The van der Waals surface area contributed by atoms with Gasteiger partial charge in [-0.25, -0.2) is 0 Å². The number of piperazine rings is 1. The number of amides is 2. The summed E-state index contributed by atoms with van der Waals surface area (Å²) in [5.41, 5.74) is 2.07. The van der Waals surface area contributed by atoms with Crippen LogP contribution in [0.5, 0.6) is 0 Å². The van der Waals surface area contributed by atoms with Crippen LogP contribution in [0.15, 0.2) is 18.5 Å². The first-order valence-corrected chi connectivity index (χ1v) is 7.08. The average molecular weight is 275 g/mol. The Morgan fingerprint density at radius 3 is 2.65 bits per heavy atom. The van der Waals surface area contributed by atoms with Crippen LogP contribution in [0.4, 0.5) is 0 Å². The lowest BCUT2D eigenvalue weighted by Gasteiger charge is -2.38. The summed E-state index contributed by atoms with van der Waals surface area (Å²) >= 11 is 0. The molecule has 0 aliphatic carbocycles. The lowest BCUT2D eigenvalue weighted by molar-refractivity contribution is -0.150. The van der Waals surface area contributed by atoms with Crippen molar-refractivity contribution in [1.82, 2.24) is 15.2 Å². The molecule has 108 valence electrons. The van der Waals surface area contributed by atoms with E-state index in [-0.39, 0.29) is 17.9 Å². The van der Waals surface area contributed by atoms with Gasteiger partial charge in [-0.05, 0) is 37.0 Å². The van der Waals surface area contributed by atoms with Crippen molar-refractivity contribution >= 4 is 11.8 Å². The molecular weight excluding hydrogens is 254 g/mol. The molecule has 1 aromatic rings. The molecule has 1 fully saturated rings. The van der Waals surface area contributed by atoms with E-state index in [0.717, 1.165) is 11.1 Å². The molecule has 1 aromatic heterocycles. The Labute approximate surface area is 119 Å². The Hall–Kier alpha value is -1.91. The van der Waals surface area contributed by atoms with Gasteiger partial charge in [-0.1, -0.05) is 13.8 Å². The highest BCUT2D eigenvalue weighted by Crippen LogP contribution is 2.19. The van der Waals surface area contributed by atoms with Crippen LogP contribution in [0.1, 0.15) is 37.8 Å². The molecule has 5 heteroatoms. The van der Waals surface area contributed by atoms with E-state index in [4.69, 9.17) is 0 Å². The Morgan fingerprint density at radius 1 is 1.30 bits per heavy atom. The maximum atomic E-state index is 12.5. The van der Waals surface area contributed by atoms with Crippen LogP contribution in [0, 0.1) is 6.92 Å². The minimum atomic E-state index is -0.396. The van der Waals surface area contributed by atoms with E-state index in [1.807, 2.05) is 26.8 Å². The third-order valence-electron chi connectivity index (χ3n) is 3.85. The second-order valence-corrected chi connectivity index (χ2v) is 5.16. The second kappa shape index (κ2) is 6.03. The number of carbonyl (C=O) groups is 2. The van der Waals surface area contributed by atoms with Gasteiger partial charge < -0.3 is 10.2 Å². The van der Waals surface area contributed by atoms with Gasteiger partial charge in [-0.2, -0.15) is 0 Å². The summed E-state index contributed by atoms with van der Waals surface area (Å²) in [6.07, 6.45) is 4.74. The number of aromatic nitrogens is 1. The molecular formula is C15H21N3O2. The van der Waals surface area contributed by atoms with Gasteiger partial charge in [0.1, 0.15) is 12.1 Å². The fourth-order valence-corrected chi connectivity index (χ4v) is 2.56. The number of aryl methyl sites for hydroxylation is 1. The number of nitrogens with zero attached hydrogens (tertiary/aromatic N) is 2. The normalized spacial score (nSPS) is 22.9. The predicted octanol–water partition coefficient (Wildman–Crippen LogP) is 1.41. The highest BCUT2D eigenvalue weighted by Gasteiger charge is 2.38. The molecule has 1 N–H and O–H groups in total. The van der Waals surface area contributed by atoms with E-state index >= 15 is 0 Å². The number of pyridine rings is 1. The molecule has 2 heterocycles. The van der Waals surface area contributed by atoms with Crippen molar-refractivity contribution < 1.29 is 9.59 Å². The van der Waals surface area contributed by atoms with E-state index in [1.165, 1.54) is 0 Å². The Morgan fingerprint density at radius 2 is 2.05 bits per heavy atom. The smallest absolute Gasteiger partial charge is 0.246 e. The van der Waals surface area contributed by atoms with Crippen LogP contribution in [0.2, 0.25) is 0 Å². The Balaban J connectivity index is 2.27. The number of rotatable bonds is 4. The number of nitrogens with one attached hydrogen (secondary N) is 1. The van der Waals surface area contributed by atoms with Crippen molar-refractivity contribution in [3.8, 4) is 0 Å². The number of carbonyl (C=O) groups excluding carboxylic acids is 2. The van der Waals surface area contributed by atoms with Crippen molar-refractivity contribution in [1.29, 1.82) is 0 Å². The first kappa shape index (κ1) is 14.5. The molecule has 1 aliphatic heterocycles. The summed E-state index contributed by atoms with van der Waals surface area (Å²) in [6.45, 7) is 6.27. The summed E-state index contributed by atoms with van der Waals surface area (Å²) < 4.78 is 0. The van der Waals surface area contributed by atoms with E-state index in [1.54, 1.807) is 17.3 Å². The minimum Gasteiger partial charge on any atom is -0.343 e. The lowest BCUT2D eigenvalue weighted by atomic mass is 10.0. The maximum absolute atomic E-state index is 12.5. The predicted molar refractivity (Wildman–Crippen MR) is 75.8 cm³/mol. The van der Waals surface area contributed by atoms with Gasteiger partial charge in [-0.3, -0.25) is 14.6 Å². The van der Waals surface area contributed by atoms with Gasteiger partial charge >= 0.3 is 0 Å². The molecule has 2 amide bonds. The van der Waals surface area contributed by atoms with Crippen LogP contribution in [0.3, 0.4) is 0 Å². The van der Waals surface area contributed by atoms with Gasteiger partial charge in [0.2, 0.25) is 11.8 Å². The van der Waals surface area contributed by atoms with Crippen molar-refractivity contribution in [2.45, 2.75) is 52.2 Å². The van der Waals surface area contributed by atoms with E-state index in [2.05, 4.69) is 10.3 Å². The lowest BCUT2D eigenvalue weighted by Crippen LogP contribution is -2.62. The molecule has 0 radical (unpaired) electrons. The molecule has 2 rings (SSSR count). The quantitative estimate of drug-likeness (QED) is 0.903. The van der Waals surface area contributed by atoms with Gasteiger partial charge in [0.05, 0.1) is 0 Å². The third-order valence-corrected chi connectivity index (χ3v) is 3.85. The maximum Gasteiger partial charge on any atom is 0.246 e. The topological polar surface area (TPSA) is 62.3 Å². The average Bonchev–Trinajstić information content (AvgIpc) is 2.45. The van der Waals surface area contributed by atoms with Crippen molar-refractivity contribution in [3.63, 3.8) is 0 Å². The zero-order valence-corrected chi connectivity index (χ0v) is 12.2. The van der Waals surface area contributed by atoms with Crippen molar-refractivity contribution in [3.05, 3.63) is 29.6 Å². The Bertz CT molecular complexity index is 516. The van der Waals surface area contributed by atoms with Gasteiger partial charge in [0.25, 0.3) is 0 Å². The van der Waals surface area contributed by atoms with Crippen LogP contribution >= 0.6 is 0 Å². The van der Waals surface area contributed by atoms with Crippen molar-refractivity contribution in [2.75, 3.05) is 0 Å². The molecule has 0 bridgehead atoms. The molecule has 0 spiro atoms. The van der Waals surface area contributed by atoms with Crippen LogP contribution in [-0.4, -0.2) is 33.8 Å². The van der Waals surface area contributed by atoms with Crippen molar-refractivity contribution in [2.24, 2.45) is 0 Å². The molecule has 5 nitrogen and oxygen atoms in total. The highest BCUT2D eigenvalue weighted by atomic mass is 16.2. The molecule has 1 saturated heterocycles. The fourth-order valence-electron chi connectivity index (χ4n) is 2.56. The summed E-state index contributed by atoms with van der Waals surface area (Å²) in [4.78, 5) is 30.4. The largest absolute Gasteiger partial charge is 0.343 e. The summed E-state index contributed by atoms with van der Waals surface area (Å²) in [5, 5.41) is 2.80. The Kier molecular flexibility index (Phi) is 4.37. The second-order valence-electron chi connectivity index (χ2n) is 5.16. The fraction of sp³-hybridized carbons (Fsp3) is 0.533. The monoisotopic (exact) mass is 275 g/mol. The number of hydrogen-bond donors (Lipinski definition) is 1. The minimum absolute atomic E-state index is 0.00941. The summed E-state index contributed by atoms with van der Waals surface area (Å²) in [6, 6.07) is 1.13. The SMILES string of the molecule is CCC1NC(=O)C(CC)N(Cc2ccncc2C)C1=O. The molecule has 2 unspecified atom stereocenters. The van der Waals surface area contributed by atoms with Gasteiger partial charge in [-0.15, -0.1) is 0 Å². The first-order chi connectivity index (χ1) is 9.58. The number of hydrogen-bond acceptors (Lipinski definition) is 3. The molecule has 0 saturated carbocycles. The molecule has 0 aromatic carbocycles. The van der Waals surface area contributed by atoms with Gasteiger partial charge in [0, 0.05) is 18.9 Å². The molecule has 1 aliphatic rings. The third kappa shape index (κ3) is 2.66. The van der Waals surface area contributed by atoms with Crippen LogP contribution in [-0.2, 0) is 16.1 Å². The first-order valence-electron chi connectivity index (χ1n) is 7.08. The molecule has 20 heavy (non-hydrogen) atoms. The van der Waals surface area contributed by atoms with E-state index < -0.39 is 6.04 Å². The van der Waals surface area contributed by atoms with E-state index in [9.17, 15) is 9.59 Å². The van der Waals surface area contributed by atoms with Crippen LogP contribution < -0.4 is 5.32 Å². The standard InChI is InChI=1S/C15H21N3O2/c1-4-12-15(20)18(13(5-2)14(19)17-12)9-11-6-7-16-8-10(11)3/h6-8,12-13H,4-5,9H2,1-3H3,(H,17,19). The highest BCUT2D eigenvalue weighted by molar-refractivity contribution is 5.96. The molecule has 2 atom stereocenters. The van der Waals surface area contributed by atoms with E-state index in [0.29, 0.717) is 19.4 Å². The summed E-state index contributed by atoms with van der Waals surface area (Å²) in [7, 11) is 0. The zero-order chi connectivity index (χ0) is 14.7. The van der Waals surface area contributed by atoms with Crippen LogP contribution in [0.25, 0.3) is 0 Å². The van der Waals surface area contributed by atoms with Gasteiger partial charge in [0.15, 0.2) is 0 Å². The summed E-state index contributed by atoms with van der Waals surface area (Å²) in [5.74, 6) is -0.0409. The zero-order valence-electron chi connectivity index (χ0n) is 12.2.